The van der Waals surface area contributed by atoms with Crippen LogP contribution in [0.1, 0.15) is 120 Å². The van der Waals surface area contributed by atoms with Gasteiger partial charge < -0.3 is 27.4 Å². The molecular weight excluding hydrogens is 406 g/mol. The molecule has 7 N–H and O–H groups in total. The number of piperidine rings is 2. The molecule has 1 atom stereocenters. The first-order valence-electron chi connectivity index (χ1n) is 13.8. The van der Waals surface area contributed by atoms with Crippen molar-refractivity contribution < 1.29 is 0 Å². The molecule has 0 amide bonds. The highest BCUT2D eigenvalue weighted by atomic mass is 15.1. The second-order valence-corrected chi connectivity index (χ2v) is 13.7. The third-order valence-corrected chi connectivity index (χ3v) is 7.59. The fraction of sp³-hybridized carbons (Fsp3) is 1.00. The first kappa shape index (κ1) is 30.8. The van der Waals surface area contributed by atoms with Gasteiger partial charge in [-0.3, -0.25) is 0 Å². The Hall–Kier alpha value is -0.200. The highest BCUT2D eigenvalue weighted by Crippen LogP contribution is 2.34. The lowest BCUT2D eigenvalue weighted by atomic mass is 9.71. The third-order valence-electron chi connectivity index (χ3n) is 7.59. The van der Waals surface area contributed by atoms with Gasteiger partial charge in [0, 0.05) is 28.7 Å². The van der Waals surface area contributed by atoms with Gasteiger partial charge in [-0.1, -0.05) is 33.6 Å². The van der Waals surface area contributed by atoms with Crippen molar-refractivity contribution in [1.82, 2.24) is 16.0 Å². The zero-order valence-corrected chi connectivity index (χ0v) is 23.9. The molecule has 0 aromatic heterocycles. The van der Waals surface area contributed by atoms with E-state index in [9.17, 15) is 0 Å². The van der Waals surface area contributed by atoms with Gasteiger partial charge in [-0.15, -0.1) is 0 Å². The van der Waals surface area contributed by atoms with Crippen molar-refractivity contribution in [2.24, 2.45) is 22.8 Å². The molecule has 0 spiro atoms. The van der Waals surface area contributed by atoms with Crippen molar-refractivity contribution in [2.75, 3.05) is 19.6 Å². The quantitative estimate of drug-likeness (QED) is 0.294. The monoisotopic (exact) mass is 467 g/mol. The maximum absolute atomic E-state index is 6.52. The van der Waals surface area contributed by atoms with E-state index in [1.54, 1.807) is 0 Å². The molecule has 5 heteroatoms. The Balaban J connectivity index is 0.000000335. The Morgan fingerprint density at radius 2 is 1.48 bits per heavy atom. The molecule has 2 saturated heterocycles. The van der Waals surface area contributed by atoms with Crippen LogP contribution in [0.3, 0.4) is 0 Å². The van der Waals surface area contributed by atoms with Crippen LogP contribution in [0.2, 0.25) is 0 Å². The average Bonchev–Trinajstić information content (AvgIpc) is 2.65. The van der Waals surface area contributed by atoms with E-state index in [0.29, 0.717) is 18.0 Å². The minimum Gasteiger partial charge on any atom is -0.327 e. The second-order valence-electron chi connectivity index (χ2n) is 13.7. The normalized spacial score (nSPS) is 23.0. The summed E-state index contributed by atoms with van der Waals surface area (Å²) >= 11 is 0. The minimum absolute atomic E-state index is 0.0467. The van der Waals surface area contributed by atoms with E-state index in [1.165, 1.54) is 57.9 Å². The van der Waals surface area contributed by atoms with Gasteiger partial charge >= 0.3 is 0 Å². The molecule has 5 nitrogen and oxygen atoms in total. The molecule has 0 aliphatic carbocycles. The van der Waals surface area contributed by atoms with Crippen molar-refractivity contribution in [2.45, 2.75) is 149 Å². The number of hydrogen-bond donors (Lipinski definition) is 5. The smallest absolute Gasteiger partial charge is 0.0144 e. The van der Waals surface area contributed by atoms with Crippen molar-refractivity contribution in [3.8, 4) is 0 Å². The first-order valence-corrected chi connectivity index (χ1v) is 13.8. The van der Waals surface area contributed by atoms with Crippen molar-refractivity contribution >= 4 is 0 Å². The standard InChI is InChI=1S/C15H33N3.C13H28N2/c1-14(2,8-5-9-15(3,4)17)13(16)12-6-10-18-11-7-12;1-6-7-8-14-11-9-12(2,3)15-13(4,5)10-11/h12-13,18H,5-11,16-17H2,1-4H3;11,14-15H,6-10H2,1-5H3. The van der Waals surface area contributed by atoms with Gasteiger partial charge in [0.15, 0.2) is 0 Å². The summed E-state index contributed by atoms with van der Waals surface area (Å²) in [6, 6.07) is 1.00. The molecule has 2 aliphatic heterocycles. The molecule has 2 fully saturated rings. The summed E-state index contributed by atoms with van der Waals surface area (Å²) in [5.41, 5.74) is 13.3. The lowest BCUT2D eigenvalue weighted by Crippen LogP contribution is -2.61. The van der Waals surface area contributed by atoms with Crippen LogP contribution in [0.15, 0.2) is 0 Å². The van der Waals surface area contributed by atoms with Crippen LogP contribution in [0, 0.1) is 11.3 Å². The molecule has 1 unspecified atom stereocenters. The highest BCUT2D eigenvalue weighted by molar-refractivity contribution is 4.99. The van der Waals surface area contributed by atoms with Crippen LogP contribution < -0.4 is 27.4 Å². The van der Waals surface area contributed by atoms with Crippen LogP contribution in [-0.2, 0) is 0 Å². The number of unbranched alkanes of at least 4 members (excludes halogenated alkanes) is 1. The number of hydrogen-bond acceptors (Lipinski definition) is 5. The summed E-state index contributed by atoms with van der Waals surface area (Å²) in [5, 5.41) is 10.8. The number of nitrogens with two attached hydrogens (primary N) is 2. The van der Waals surface area contributed by atoms with Gasteiger partial charge in [-0.2, -0.15) is 0 Å². The average molecular weight is 468 g/mol. The summed E-state index contributed by atoms with van der Waals surface area (Å²) in [6.07, 6.45) is 10.9. The van der Waals surface area contributed by atoms with Gasteiger partial charge in [0.25, 0.3) is 0 Å². The Labute approximate surface area is 207 Å². The summed E-state index contributed by atoms with van der Waals surface area (Å²) in [7, 11) is 0. The SMILES string of the molecule is CC(C)(N)CCCC(C)(C)C(N)C1CCNCC1.CCCCNC1CC(C)(C)NC(C)(C)C1. The zero-order valence-electron chi connectivity index (χ0n) is 23.9. The van der Waals surface area contributed by atoms with E-state index in [1.807, 2.05) is 0 Å². The van der Waals surface area contributed by atoms with Gasteiger partial charge in [-0.25, -0.2) is 0 Å². The molecule has 0 aromatic carbocycles. The van der Waals surface area contributed by atoms with Gasteiger partial charge in [-0.05, 0) is 117 Å². The third kappa shape index (κ3) is 12.9. The Morgan fingerprint density at radius 1 is 0.939 bits per heavy atom. The summed E-state index contributed by atoms with van der Waals surface area (Å²) in [6.45, 7) is 23.8. The van der Waals surface area contributed by atoms with Gasteiger partial charge in [0.1, 0.15) is 0 Å². The molecule has 198 valence electrons. The molecule has 0 radical (unpaired) electrons. The van der Waals surface area contributed by atoms with Crippen molar-refractivity contribution in [1.29, 1.82) is 0 Å². The van der Waals surface area contributed by atoms with Crippen LogP contribution in [-0.4, -0.2) is 48.3 Å². The molecule has 2 rings (SSSR count). The largest absolute Gasteiger partial charge is 0.327 e. The van der Waals surface area contributed by atoms with E-state index >= 15 is 0 Å². The highest BCUT2D eigenvalue weighted by Gasteiger charge is 2.37. The molecule has 2 aliphatic rings. The predicted molar refractivity (Wildman–Crippen MR) is 147 cm³/mol. The second kappa shape index (κ2) is 13.2. The molecule has 0 aromatic rings. The summed E-state index contributed by atoms with van der Waals surface area (Å²) in [5.74, 6) is 0.687. The minimum atomic E-state index is -0.0467. The topological polar surface area (TPSA) is 88.1 Å². The Kier molecular flexibility index (Phi) is 12.3. The molecule has 33 heavy (non-hydrogen) atoms. The van der Waals surface area contributed by atoms with Crippen LogP contribution in [0.25, 0.3) is 0 Å². The van der Waals surface area contributed by atoms with Gasteiger partial charge in [0.2, 0.25) is 0 Å². The maximum atomic E-state index is 6.52. The van der Waals surface area contributed by atoms with Crippen molar-refractivity contribution in [3.63, 3.8) is 0 Å². The van der Waals surface area contributed by atoms with E-state index in [2.05, 4.69) is 78.3 Å². The summed E-state index contributed by atoms with van der Waals surface area (Å²) in [4.78, 5) is 0. The Bertz CT molecular complexity index is 513. The van der Waals surface area contributed by atoms with E-state index in [0.717, 1.165) is 19.5 Å². The van der Waals surface area contributed by atoms with Gasteiger partial charge in [0.05, 0.1) is 0 Å². The van der Waals surface area contributed by atoms with E-state index < -0.39 is 0 Å². The van der Waals surface area contributed by atoms with Crippen LogP contribution in [0.5, 0.6) is 0 Å². The fourth-order valence-corrected chi connectivity index (χ4v) is 5.96. The number of rotatable bonds is 10. The molecule has 2 heterocycles. The zero-order chi connectivity index (χ0) is 25.3. The van der Waals surface area contributed by atoms with E-state index in [-0.39, 0.29) is 22.0 Å². The Morgan fingerprint density at radius 3 is 1.97 bits per heavy atom. The lowest BCUT2D eigenvalue weighted by Gasteiger charge is -2.46. The molecule has 0 saturated carbocycles. The van der Waals surface area contributed by atoms with E-state index in [4.69, 9.17) is 11.5 Å². The summed E-state index contributed by atoms with van der Waals surface area (Å²) < 4.78 is 0. The fourth-order valence-electron chi connectivity index (χ4n) is 5.96. The van der Waals surface area contributed by atoms with Crippen LogP contribution in [0.4, 0.5) is 0 Å². The maximum Gasteiger partial charge on any atom is 0.0144 e. The lowest BCUT2D eigenvalue weighted by molar-refractivity contribution is 0.146. The predicted octanol–water partition coefficient (Wildman–Crippen LogP) is 4.93. The van der Waals surface area contributed by atoms with Crippen molar-refractivity contribution in [3.05, 3.63) is 0 Å². The molecule has 0 bridgehead atoms. The molecular formula is C28H61N5. The first-order chi connectivity index (χ1) is 15.1. The van der Waals surface area contributed by atoms with Crippen LogP contribution >= 0.6 is 0 Å². The number of nitrogens with one attached hydrogen (secondary N) is 3.